The Hall–Kier alpha value is -0.453. The first-order valence-corrected chi connectivity index (χ1v) is 12.4. The van der Waals surface area contributed by atoms with Crippen LogP contribution in [0.1, 0.15) is 46.0 Å². The van der Waals surface area contributed by atoms with Crippen molar-refractivity contribution in [1.82, 2.24) is 0 Å². The first-order chi connectivity index (χ1) is 10.2. The zero-order valence-corrected chi connectivity index (χ0v) is 16.0. The summed E-state index contributed by atoms with van der Waals surface area (Å²) in [5, 5.41) is 0. The summed E-state index contributed by atoms with van der Waals surface area (Å²) in [6.07, 6.45) is 5.06. The van der Waals surface area contributed by atoms with Crippen LogP contribution in [0, 0.1) is 5.41 Å². The molecule has 0 bridgehead atoms. The van der Waals surface area contributed by atoms with Gasteiger partial charge in [-0.1, -0.05) is 32.1 Å². The van der Waals surface area contributed by atoms with Gasteiger partial charge in [0, 0.05) is 26.5 Å². The maximum absolute atomic E-state index is 12.0. The van der Waals surface area contributed by atoms with Gasteiger partial charge in [0.05, 0.1) is 6.10 Å². The predicted molar refractivity (Wildman–Crippen MR) is 92.7 cm³/mol. The second-order valence-electron chi connectivity index (χ2n) is 8.33. The fourth-order valence-electron chi connectivity index (χ4n) is 3.75. The number of rotatable bonds is 6. The first kappa shape index (κ1) is 17.9. The van der Waals surface area contributed by atoms with Gasteiger partial charge in [0.2, 0.25) is 0 Å². The highest BCUT2D eigenvalue weighted by molar-refractivity contribution is 6.76. The summed E-state index contributed by atoms with van der Waals surface area (Å²) in [5.41, 5.74) is 2.39. The van der Waals surface area contributed by atoms with Crippen molar-refractivity contribution >= 4 is 13.9 Å². The van der Waals surface area contributed by atoms with Crippen LogP contribution in [0.2, 0.25) is 25.7 Å². The highest BCUT2D eigenvalue weighted by atomic mass is 28.3. The molecule has 3 nitrogen and oxygen atoms in total. The monoisotopic (exact) mass is 324 g/mol. The Balaban J connectivity index is 1.90. The quantitative estimate of drug-likeness (QED) is 0.408. The van der Waals surface area contributed by atoms with Gasteiger partial charge in [-0.05, 0) is 44.2 Å². The zero-order chi connectivity index (χ0) is 16.4. The molecular formula is C18H32O3Si. The molecule has 0 heterocycles. The number of Topliss-reactive ketones (excluding diaryl/α,β-unsaturated/α-hetero) is 1. The van der Waals surface area contributed by atoms with Gasteiger partial charge in [-0.3, -0.25) is 4.79 Å². The Bertz CT molecular complexity index is 450. The summed E-state index contributed by atoms with van der Waals surface area (Å²) in [4.78, 5) is 12.0. The first-order valence-electron chi connectivity index (χ1n) is 8.67. The van der Waals surface area contributed by atoms with Crippen molar-refractivity contribution in [3.63, 3.8) is 0 Å². The minimum atomic E-state index is -1.03. The van der Waals surface area contributed by atoms with Crippen LogP contribution in [0.5, 0.6) is 0 Å². The molecule has 2 atom stereocenters. The number of ether oxygens (including phenoxy) is 2. The minimum Gasteiger partial charge on any atom is -0.356 e. The molecule has 0 radical (unpaired) electrons. The molecule has 1 fully saturated rings. The van der Waals surface area contributed by atoms with Crippen LogP contribution in [0.4, 0.5) is 0 Å². The van der Waals surface area contributed by atoms with Crippen LogP contribution in [0.15, 0.2) is 11.1 Å². The van der Waals surface area contributed by atoms with Crippen molar-refractivity contribution in [2.24, 2.45) is 5.41 Å². The van der Waals surface area contributed by atoms with Gasteiger partial charge in [-0.15, -0.1) is 0 Å². The van der Waals surface area contributed by atoms with Gasteiger partial charge in [0.1, 0.15) is 6.79 Å². The van der Waals surface area contributed by atoms with Crippen LogP contribution in [-0.4, -0.2) is 33.4 Å². The number of allylic oxidation sites excluding steroid dienone is 1. The van der Waals surface area contributed by atoms with Crippen LogP contribution < -0.4 is 0 Å². The molecule has 0 aromatic heterocycles. The van der Waals surface area contributed by atoms with E-state index in [-0.39, 0.29) is 11.5 Å². The zero-order valence-electron chi connectivity index (χ0n) is 15.0. The maximum atomic E-state index is 12.0. The van der Waals surface area contributed by atoms with Crippen molar-refractivity contribution < 1.29 is 14.3 Å². The average Bonchev–Trinajstić information content (AvgIpc) is 2.43. The molecule has 0 amide bonds. The lowest BCUT2D eigenvalue weighted by Gasteiger charge is -2.46. The smallest absolute Gasteiger partial charge is 0.158 e. The third-order valence-corrected chi connectivity index (χ3v) is 7.09. The largest absolute Gasteiger partial charge is 0.356 e. The molecular weight excluding hydrogens is 292 g/mol. The van der Waals surface area contributed by atoms with Gasteiger partial charge in [0.25, 0.3) is 0 Å². The van der Waals surface area contributed by atoms with E-state index in [0.29, 0.717) is 19.0 Å². The summed E-state index contributed by atoms with van der Waals surface area (Å²) >= 11 is 0. The number of carbonyl (C=O) groups is 1. The molecule has 0 N–H and O–H groups in total. The van der Waals surface area contributed by atoms with E-state index in [2.05, 4.69) is 26.6 Å². The molecule has 4 heteroatoms. The van der Waals surface area contributed by atoms with Crippen molar-refractivity contribution in [3.05, 3.63) is 11.1 Å². The van der Waals surface area contributed by atoms with E-state index >= 15 is 0 Å². The van der Waals surface area contributed by atoms with Crippen LogP contribution >= 0.6 is 0 Å². The molecule has 0 unspecified atom stereocenters. The Morgan fingerprint density at radius 3 is 2.68 bits per heavy atom. The van der Waals surface area contributed by atoms with E-state index in [1.54, 1.807) is 0 Å². The molecule has 1 saturated carbocycles. The van der Waals surface area contributed by atoms with E-state index in [4.69, 9.17) is 9.47 Å². The third kappa shape index (κ3) is 4.09. The summed E-state index contributed by atoms with van der Waals surface area (Å²) in [7, 11) is -1.03. The molecule has 0 spiro atoms. The van der Waals surface area contributed by atoms with Crippen molar-refractivity contribution in [2.45, 2.75) is 77.7 Å². The van der Waals surface area contributed by atoms with E-state index in [1.165, 1.54) is 11.6 Å². The topological polar surface area (TPSA) is 35.5 Å². The third-order valence-electron chi connectivity index (χ3n) is 5.38. The number of fused-ring (bicyclic) bond motifs is 1. The molecule has 0 aromatic rings. The normalized spacial score (nSPS) is 29.7. The summed E-state index contributed by atoms with van der Waals surface area (Å²) in [6.45, 7) is 12.6. The number of hydrogen-bond acceptors (Lipinski definition) is 3. The van der Waals surface area contributed by atoms with Crippen LogP contribution in [0.25, 0.3) is 0 Å². The molecule has 0 aliphatic heterocycles. The summed E-state index contributed by atoms with van der Waals surface area (Å²) in [5.74, 6) is 0.333. The fraction of sp³-hybridized carbons (Fsp3) is 0.833. The minimum absolute atomic E-state index is 0.0401. The predicted octanol–water partition coefficient (Wildman–Crippen LogP) is 4.55. The van der Waals surface area contributed by atoms with Gasteiger partial charge in [-0.2, -0.15) is 0 Å². The Kier molecular flexibility index (Phi) is 5.67. The lowest BCUT2D eigenvalue weighted by atomic mass is 9.62. The van der Waals surface area contributed by atoms with E-state index in [1.807, 2.05) is 6.92 Å². The highest BCUT2D eigenvalue weighted by Crippen LogP contribution is 2.49. The average molecular weight is 325 g/mol. The molecule has 2 aliphatic rings. The van der Waals surface area contributed by atoms with Gasteiger partial charge in [-0.25, -0.2) is 0 Å². The number of hydrogen-bond donors (Lipinski definition) is 0. The Labute approximate surface area is 136 Å². The Morgan fingerprint density at radius 1 is 1.27 bits per heavy atom. The maximum Gasteiger partial charge on any atom is 0.158 e. The highest BCUT2D eigenvalue weighted by Gasteiger charge is 2.44. The second kappa shape index (κ2) is 6.98. The van der Waals surface area contributed by atoms with Crippen LogP contribution in [0.3, 0.4) is 0 Å². The summed E-state index contributed by atoms with van der Waals surface area (Å²) in [6, 6.07) is 1.18. The van der Waals surface area contributed by atoms with E-state index in [0.717, 1.165) is 37.9 Å². The molecule has 2 aliphatic carbocycles. The second-order valence-corrected chi connectivity index (χ2v) is 13.9. The van der Waals surface area contributed by atoms with Gasteiger partial charge < -0.3 is 9.47 Å². The van der Waals surface area contributed by atoms with Gasteiger partial charge >= 0.3 is 0 Å². The van der Waals surface area contributed by atoms with Gasteiger partial charge in [0.15, 0.2) is 5.78 Å². The van der Waals surface area contributed by atoms with Crippen molar-refractivity contribution in [3.8, 4) is 0 Å². The standard InChI is InChI=1S/C18H32O3Si/c1-14-15-7-6-8-17(18(15,2)10-9-16(14)19)21-13-20-11-12-22(3,4)5/h17H,6-13H2,1-5H3/t17-,18-/m0/s1. The molecule has 22 heavy (non-hydrogen) atoms. The number of ketones is 1. The molecule has 0 aromatic carbocycles. The van der Waals surface area contributed by atoms with Crippen molar-refractivity contribution in [1.29, 1.82) is 0 Å². The molecule has 126 valence electrons. The lowest BCUT2D eigenvalue weighted by molar-refractivity contribution is -0.133. The lowest BCUT2D eigenvalue weighted by Crippen LogP contribution is -2.43. The SMILES string of the molecule is CC1=C2CCC[C@H](OCOCC[Si](C)(C)C)[C@@]2(C)CCC1=O. The molecule has 0 saturated heterocycles. The summed E-state index contributed by atoms with van der Waals surface area (Å²) < 4.78 is 11.8. The number of carbonyl (C=O) groups excluding carboxylic acids is 1. The molecule has 2 rings (SSSR count). The van der Waals surface area contributed by atoms with E-state index in [9.17, 15) is 4.79 Å². The van der Waals surface area contributed by atoms with Crippen molar-refractivity contribution in [2.75, 3.05) is 13.4 Å². The van der Waals surface area contributed by atoms with E-state index < -0.39 is 8.07 Å². The fourth-order valence-corrected chi connectivity index (χ4v) is 4.51. The van der Waals surface area contributed by atoms with Crippen LogP contribution in [-0.2, 0) is 14.3 Å². The Morgan fingerprint density at radius 2 is 2.00 bits per heavy atom.